The Morgan fingerprint density at radius 1 is 1.29 bits per heavy atom. The standard InChI is InChI=1S/C11H20N2O4/c1-9(14)13-5-3-12(4-6-13)8-10(15)7-11(16)17-2/h10,15H,3-8H2,1-2H3. The first-order chi connectivity index (χ1) is 8.02. The zero-order valence-corrected chi connectivity index (χ0v) is 10.4. The zero-order valence-electron chi connectivity index (χ0n) is 10.4. The molecule has 0 aromatic carbocycles. The molecule has 0 saturated carbocycles. The van der Waals surface area contributed by atoms with Gasteiger partial charge in [-0.25, -0.2) is 0 Å². The smallest absolute Gasteiger partial charge is 0.308 e. The molecule has 0 aliphatic carbocycles. The zero-order chi connectivity index (χ0) is 12.8. The van der Waals surface area contributed by atoms with E-state index in [1.54, 1.807) is 11.8 Å². The summed E-state index contributed by atoms with van der Waals surface area (Å²) in [6, 6.07) is 0. The first kappa shape index (κ1) is 13.9. The number of hydrogen-bond donors (Lipinski definition) is 1. The summed E-state index contributed by atoms with van der Waals surface area (Å²) in [5, 5.41) is 9.65. The minimum absolute atomic E-state index is 0.0173. The average molecular weight is 244 g/mol. The van der Waals surface area contributed by atoms with Gasteiger partial charge < -0.3 is 14.7 Å². The molecule has 17 heavy (non-hydrogen) atoms. The molecule has 0 bridgehead atoms. The average Bonchev–Trinajstić information content (AvgIpc) is 2.29. The van der Waals surface area contributed by atoms with Gasteiger partial charge in [0.05, 0.1) is 19.6 Å². The summed E-state index contributed by atoms with van der Waals surface area (Å²) in [6.45, 7) is 4.83. The van der Waals surface area contributed by atoms with E-state index in [9.17, 15) is 14.7 Å². The lowest BCUT2D eigenvalue weighted by molar-refractivity contribution is -0.143. The minimum atomic E-state index is -0.702. The summed E-state index contributed by atoms with van der Waals surface area (Å²) in [7, 11) is 1.31. The molecule has 0 aromatic heterocycles. The third kappa shape index (κ3) is 4.70. The van der Waals surface area contributed by atoms with Crippen molar-refractivity contribution in [3.8, 4) is 0 Å². The summed E-state index contributed by atoms with van der Waals surface area (Å²) in [5.74, 6) is -0.320. The summed E-state index contributed by atoms with van der Waals surface area (Å²) in [6.07, 6.45) is -0.685. The maximum absolute atomic E-state index is 11.1. The van der Waals surface area contributed by atoms with Crippen LogP contribution in [-0.4, -0.2) is 72.7 Å². The van der Waals surface area contributed by atoms with Crippen LogP contribution in [0.4, 0.5) is 0 Å². The van der Waals surface area contributed by atoms with E-state index in [2.05, 4.69) is 4.74 Å². The van der Waals surface area contributed by atoms with Gasteiger partial charge in [0.15, 0.2) is 0 Å². The number of methoxy groups -OCH3 is 1. The Balaban J connectivity index is 2.25. The van der Waals surface area contributed by atoms with Gasteiger partial charge in [0.25, 0.3) is 0 Å². The second-order valence-corrected chi connectivity index (χ2v) is 4.24. The summed E-state index contributed by atoms with van der Waals surface area (Å²) >= 11 is 0. The van der Waals surface area contributed by atoms with Crippen molar-refractivity contribution in [2.75, 3.05) is 39.8 Å². The SMILES string of the molecule is COC(=O)CC(O)CN1CCN(C(C)=O)CC1. The topological polar surface area (TPSA) is 70.1 Å². The Bertz CT molecular complexity index is 275. The van der Waals surface area contributed by atoms with E-state index in [0.29, 0.717) is 19.6 Å². The van der Waals surface area contributed by atoms with Gasteiger partial charge in [-0.15, -0.1) is 0 Å². The molecular formula is C11H20N2O4. The number of hydrogen-bond acceptors (Lipinski definition) is 5. The van der Waals surface area contributed by atoms with Crippen molar-refractivity contribution in [1.82, 2.24) is 9.80 Å². The number of rotatable bonds is 4. The van der Waals surface area contributed by atoms with Crippen molar-refractivity contribution in [2.24, 2.45) is 0 Å². The van der Waals surface area contributed by atoms with E-state index in [1.807, 2.05) is 4.90 Å². The predicted octanol–water partition coefficient (Wildman–Crippen LogP) is -0.925. The lowest BCUT2D eigenvalue weighted by Crippen LogP contribution is -2.50. The van der Waals surface area contributed by atoms with Crippen LogP contribution in [0.15, 0.2) is 0 Å². The molecule has 6 heteroatoms. The number of ether oxygens (including phenoxy) is 1. The maximum Gasteiger partial charge on any atom is 0.308 e. The molecule has 1 unspecified atom stereocenters. The molecule has 1 aliphatic rings. The number of aliphatic hydroxyl groups is 1. The molecular weight excluding hydrogens is 224 g/mol. The van der Waals surface area contributed by atoms with Crippen LogP contribution in [0.1, 0.15) is 13.3 Å². The number of piperazine rings is 1. The number of carbonyl (C=O) groups is 2. The van der Waals surface area contributed by atoms with Crippen molar-refractivity contribution < 1.29 is 19.4 Å². The van der Waals surface area contributed by atoms with E-state index in [1.165, 1.54) is 7.11 Å². The molecule has 1 fully saturated rings. The monoisotopic (exact) mass is 244 g/mol. The molecule has 1 rings (SSSR count). The Morgan fingerprint density at radius 2 is 1.88 bits per heavy atom. The quantitative estimate of drug-likeness (QED) is 0.647. The normalized spacial score (nSPS) is 18.9. The van der Waals surface area contributed by atoms with Gasteiger partial charge in [0, 0.05) is 39.6 Å². The second kappa shape index (κ2) is 6.56. The first-order valence-electron chi connectivity index (χ1n) is 5.75. The van der Waals surface area contributed by atoms with Crippen LogP contribution in [0.2, 0.25) is 0 Å². The second-order valence-electron chi connectivity index (χ2n) is 4.24. The fourth-order valence-corrected chi connectivity index (χ4v) is 1.88. The molecule has 1 aliphatic heterocycles. The number of aliphatic hydroxyl groups excluding tert-OH is 1. The predicted molar refractivity (Wildman–Crippen MR) is 61.3 cm³/mol. The van der Waals surface area contributed by atoms with Crippen molar-refractivity contribution in [1.29, 1.82) is 0 Å². The largest absolute Gasteiger partial charge is 0.469 e. The maximum atomic E-state index is 11.1. The van der Waals surface area contributed by atoms with Gasteiger partial charge in [-0.3, -0.25) is 14.5 Å². The van der Waals surface area contributed by atoms with E-state index >= 15 is 0 Å². The van der Waals surface area contributed by atoms with Crippen LogP contribution < -0.4 is 0 Å². The van der Waals surface area contributed by atoms with Crippen molar-refractivity contribution in [2.45, 2.75) is 19.4 Å². The number of carbonyl (C=O) groups excluding carboxylic acids is 2. The number of esters is 1. The van der Waals surface area contributed by atoms with E-state index < -0.39 is 12.1 Å². The molecule has 98 valence electrons. The first-order valence-corrected chi connectivity index (χ1v) is 5.75. The lowest BCUT2D eigenvalue weighted by Gasteiger charge is -2.34. The molecule has 1 atom stereocenters. The molecule has 1 saturated heterocycles. The third-order valence-corrected chi connectivity index (χ3v) is 2.92. The highest BCUT2D eigenvalue weighted by atomic mass is 16.5. The van der Waals surface area contributed by atoms with E-state index in [0.717, 1.165) is 13.1 Å². The van der Waals surface area contributed by atoms with E-state index in [-0.39, 0.29) is 12.3 Å². The highest BCUT2D eigenvalue weighted by molar-refractivity contribution is 5.73. The molecule has 1 heterocycles. The van der Waals surface area contributed by atoms with Gasteiger partial charge >= 0.3 is 5.97 Å². The summed E-state index contributed by atoms with van der Waals surface area (Å²) < 4.78 is 4.49. The summed E-state index contributed by atoms with van der Waals surface area (Å²) in [4.78, 5) is 25.9. The molecule has 0 radical (unpaired) electrons. The molecule has 0 spiro atoms. The van der Waals surface area contributed by atoms with Crippen LogP contribution in [-0.2, 0) is 14.3 Å². The van der Waals surface area contributed by atoms with Crippen molar-refractivity contribution in [3.05, 3.63) is 0 Å². The molecule has 1 N–H and O–H groups in total. The molecule has 1 amide bonds. The van der Waals surface area contributed by atoms with Crippen LogP contribution >= 0.6 is 0 Å². The summed E-state index contributed by atoms with van der Waals surface area (Å²) in [5.41, 5.74) is 0. The Labute approximate surface area is 101 Å². The third-order valence-electron chi connectivity index (χ3n) is 2.92. The molecule has 0 aromatic rings. The van der Waals surface area contributed by atoms with Gasteiger partial charge in [-0.1, -0.05) is 0 Å². The van der Waals surface area contributed by atoms with Gasteiger partial charge in [-0.05, 0) is 0 Å². The fourth-order valence-electron chi connectivity index (χ4n) is 1.88. The number of nitrogens with zero attached hydrogens (tertiary/aromatic N) is 2. The van der Waals surface area contributed by atoms with Crippen molar-refractivity contribution in [3.63, 3.8) is 0 Å². The van der Waals surface area contributed by atoms with Crippen LogP contribution in [0, 0.1) is 0 Å². The van der Waals surface area contributed by atoms with Crippen molar-refractivity contribution >= 4 is 11.9 Å². The fraction of sp³-hybridized carbons (Fsp3) is 0.818. The van der Waals surface area contributed by atoms with Gasteiger partial charge in [0.2, 0.25) is 5.91 Å². The Morgan fingerprint density at radius 3 is 2.35 bits per heavy atom. The minimum Gasteiger partial charge on any atom is -0.469 e. The highest BCUT2D eigenvalue weighted by Crippen LogP contribution is 2.04. The van der Waals surface area contributed by atoms with Crippen LogP contribution in [0.3, 0.4) is 0 Å². The number of β-amino-alcohol motifs (C(OH)–C–C–N with tert-alkyl or cyclic N) is 1. The van der Waals surface area contributed by atoms with Crippen LogP contribution in [0.25, 0.3) is 0 Å². The van der Waals surface area contributed by atoms with Gasteiger partial charge in [0.1, 0.15) is 0 Å². The molecule has 6 nitrogen and oxygen atoms in total. The van der Waals surface area contributed by atoms with E-state index in [4.69, 9.17) is 0 Å². The van der Waals surface area contributed by atoms with Crippen LogP contribution in [0.5, 0.6) is 0 Å². The van der Waals surface area contributed by atoms with Gasteiger partial charge in [-0.2, -0.15) is 0 Å². The Kier molecular flexibility index (Phi) is 5.37. The number of amides is 1. The lowest BCUT2D eigenvalue weighted by atomic mass is 10.2. The highest BCUT2D eigenvalue weighted by Gasteiger charge is 2.21. The Hall–Kier alpha value is -1.14.